The van der Waals surface area contributed by atoms with E-state index in [0.29, 0.717) is 41.2 Å². The fourth-order valence-corrected chi connectivity index (χ4v) is 3.70. The standard InChI is InChI=1S/C25H28N8O3/c1-6-36-32-25(34)19-13-26-22(31-23-10-15(2)28-16(3)29-23)11-21(19)30-20-9-7-8-18(24(20)35-5)17-12-27-33(4)14-17/h7-14H,6H2,1-5H3,(H,32,34)(H2,26,28,29,30,31). The van der Waals surface area contributed by atoms with E-state index in [4.69, 9.17) is 9.57 Å². The predicted molar refractivity (Wildman–Crippen MR) is 137 cm³/mol. The van der Waals surface area contributed by atoms with Crippen LogP contribution in [0.5, 0.6) is 5.75 Å². The molecule has 0 fully saturated rings. The first-order valence-electron chi connectivity index (χ1n) is 11.3. The number of pyridine rings is 1. The van der Waals surface area contributed by atoms with Gasteiger partial charge in [-0.05, 0) is 26.8 Å². The van der Waals surface area contributed by atoms with Crippen molar-refractivity contribution in [1.29, 1.82) is 0 Å². The molecule has 3 N–H and O–H groups in total. The molecule has 36 heavy (non-hydrogen) atoms. The second-order valence-corrected chi connectivity index (χ2v) is 7.96. The number of rotatable bonds is 9. The van der Waals surface area contributed by atoms with Crippen LogP contribution in [0.2, 0.25) is 0 Å². The van der Waals surface area contributed by atoms with Gasteiger partial charge in [0.15, 0.2) is 0 Å². The number of hydrogen-bond acceptors (Lipinski definition) is 9. The molecule has 0 atom stereocenters. The van der Waals surface area contributed by atoms with Crippen LogP contribution >= 0.6 is 0 Å². The summed E-state index contributed by atoms with van der Waals surface area (Å²) in [5, 5.41) is 10.8. The van der Waals surface area contributed by atoms with E-state index in [0.717, 1.165) is 16.8 Å². The quantitative estimate of drug-likeness (QED) is 0.299. The first-order chi connectivity index (χ1) is 17.4. The largest absolute Gasteiger partial charge is 0.494 e. The number of methoxy groups -OCH3 is 1. The van der Waals surface area contributed by atoms with Gasteiger partial charge in [0.05, 0.1) is 36.9 Å². The van der Waals surface area contributed by atoms with Crippen molar-refractivity contribution in [3.8, 4) is 16.9 Å². The highest BCUT2D eigenvalue weighted by Crippen LogP contribution is 2.38. The SMILES string of the molecule is CCONC(=O)c1cnc(Nc2cc(C)nc(C)n2)cc1Nc1cccc(-c2cnn(C)c2)c1OC. The number of aromatic nitrogens is 5. The molecule has 11 nitrogen and oxygen atoms in total. The lowest BCUT2D eigenvalue weighted by atomic mass is 10.1. The molecule has 0 radical (unpaired) electrons. The van der Waals surface area contributed by atoms with Gasteiger partial charge in [-0.1, -0.05) is 12.1 Å². The molecule has 4 aromatic rings. The van der Waals surface area contributed by atoms with Crippen LogP contribution in [-0.2, 0) is 11.9 Å². The second kappa shape index (κ2) is 10.8. The van der Waals surface area contributed by atoms with E-state index < -0.39 is 5.91 Å². The number of amides is 1. The molecule has 0 aliphatic rings. The third-order valence-electron chi connectivity index (χ3n) is 5.18. The number of hydrogen-bond donors (Lipinski definition) is 3. The van der Waals surface area contributed by atoms with Crippen molar-refractivity contribution >= 4 is 28.9 Å². The van der Waals surface area contributed by atoms with Crippen LogP contribution in [0, 0.1) is 13.8 Å². The van der Waals surface area contributed by atoms with Gasteiger partial charge >= 0.3 is 0 Å². The Kier molecular flexibility index (Phi) is 7.40. The number of anilines is 4. The molecule has 0 aliphatic heterocycles. The van der Waals surface area contributed by atoms with E-state index in [-0.39, 0.29) is 5.56 Å². The molecule has 3 aromatic heterocycles. The Balaban J connectivity index is 1.73. The normalized spacial score (nSPS) is 10.7. The van der Waals surface area contributed by atoms with Crippen molar-refractivity contribution in [2.75, 3.05) is 24.4 Å². The number of benzene rings is 1. The zero-order valence-electron chi connectivity index (χ0n) is 20.8. The fourth-order valence-electron chi connectivity index (χ4n) is 3.70. The molecule has 11 heteroatoms. The Morgan fingerprint density at radius 2 is 1.89 bits per heavy atom. The molecular weight excluding hydrogens is 460 g/mol. The van der Waals surface area contributed by atoms with Gasteiger partial charge in [-0.25, -0.2) is 20.4 Å². The molecule has 0 spiro atoms. The number of carbonyl (C=O) groups is 1. The maximum absolute atomic E-state index is 12.8. The number of para-hydroxylation sites is 1. The molecule has 3 heterocycles. The van der Waals surface area contributed by atoms with Crippen LogP contribution in [0.4, 0.5) is 23.0 Å². The van der Waals surface area contributed by atoms with E-state index in [1.54, 1.807) is 31.0 Å². The average Bonchev–Trinajstić information content (AvgIpc) is 3.28. The monoisotopic (exact) mass is 488 g/mol. The number of hydroxylamine groups is 1. The summed E-state index contributed by atoms with van der Waals surface area (Å²) in [7, 11) is 3.45. The van der Waals surface area contributed by atoms with Gasteiger partial charge in [0.1, 0.15) is 23.2 Å². The van der Waals surface area contributed by atoms with Gasteiger partial charge in [-0.2, -0.15) is 5.10 Å². The Morgan fingerprint density at radius 3 is 2.58 bits per heavy atom. The molecule has 0 aliphatic carbocycles. The number of nitrogens with one attached hydrogen (secondary N) is 3. The van der Waals surface area contributed by atoms with E-state index in [9.17, 15) is 4.79 Å². The molecule has 1 aromatic carbocycles. The average molecular weight is 489 g/mol. The van der Waals surface area contributed by atoms with E-state index >= 15 is 0 Å². The lowest BCUT2D eigenvalue weighted by Gasteiger charge is -2.17. The lowest BCUT2D eigenvalue weighted by Crippen LogP contribution is -2.24. The zero-order chi connectivity index (χ0) is 25.7. The minimum absolute atomic E-state index is 0.290. The topological polar surface area (TPSA) is 128 Å². The lowest BCUT2D eigenvalue weighted by molar-refractivity contribution is 0.0365. The molecular formula is C25H28N8O3. The minimum Gasteiger partial charge on any atom is -0.494 e. The zero-order valence-corrected chi connectivity index (χ0v) is 20.8. The summed E-state index contributed by atoms with van der Waals surface area (Å²) < 4.78 is 7.48. The summed E-state index contributed by atoms with van der Waals surface area (Å²) >= 11 is 0. The van der Waals surface area contributed by atoms with Crippen molar-refractivity contribution in [2.45, 2.75) is 20.8 Å². The fraction of sp³-hybridized carbons (Fsp3) is 0.240. The summed E-state index contributed by atoms with van der Waals surface area (Å²) in [5.74, 6) is 1.90. The number of ether oxygens (including phenoxy) is 1. The molecule has 4 rings (SSSR count). The third-order valence-corrected chi connectivity index (χ3v) is 5.18. The van der Waals surface area contributed by atoms with Gasteiger partial charge in [-0.3, -0.25) is 14.3 Å². The first-order valence-corrected chi connectivity index (χ1v) is 11.3. The van der Waals surface area contributed by atoms with Gasteiger partial charge in [-0.15, -0.1) is 0 Å². The second-order valence-electron chi connectivity index (χ2n) is 7.96. The first kappa shape index (κ1) is 24.6. The van der Waals surface area contributed by atoms with Crippen molar-refractivity contribution < 1.29 is 14.4 Å². The summed E-state index contributed by atoms with van der Waals surface area (Å²) in [6, 6.07) is 9.26. The minimum atomic E-state index is -0.436. The van der Waals surface area contributed by atoms with E-state index in [1.807, 2.05) is 51.4 Å². The van der Waals surface area contributed by atoms with E-state index in [1.165, 1.54) is 6.20 Å². The van der Waals surface area contributed by atoms with Crippen molar-refractivity contribution in [2.24, 2.45) is 7.05 Å². The van der Waals surface area contributed by atoms with Crippen LogP contribution < -0.4 is 20.9 Å². The van der Waals surface area contributed by atoms with Crippen molar-refractivity contribution in [1.82, 2.24) is 30.2 Å². The third kappa shape index (κ3) is 5.58. The number of aryl methyl sites for hydroxylation is 3. The molecule has 0 saturated heterocycles. The Labute approximate surface area is 208 Å². The van der Waals surface area contributed by atoms with Gasteiger partial charge in [0.25, 0.3) is 5.91 Å². The summed E-state index contributed by atoms with van der Waals surface area (Å²) in [6.45, 7) is 5.82. The number of carbonyl (C=O) groups excluding carboxylic acids is 1. The molecule has 186 valence electrons. The van der Waals surface area contributed by atoms with Crippen LogP contribution in [-0.4, -0.2) is 44.4 Å². The van der Waals surface area contributed by atoms with Crippen molar-refractivity contribution in [3.05, 3.63) is 66.0 Å². The van der Waals surface area contributed by atoms with Crippen LogP contribution in [0.1, 0.15) is 28.8 Å². The van der Waals surface area contributed by atoms with Gasteiger partial charge in [0, 0.05) is 48.4 Å². The summed E-state index contributed by atoms with van der Waals surface area (Å²) in [6.07, 6.45) is 5.14. The molecule has 0 saturated carbocycles. The smallest absolute Gasteiger partial charge is 0.278 e. The highest BCUT2D eigenvalue weighted by Gasteiger charge is 2.18. The highest BCUT2D eigenvalue weighted by molar-refractivity contribution is 6.00. The van der Waals surface area contributed by atoms with Gasteiger partial charge < -0.3 is 15.4 Å². The Hall–Kier alpha value is -4.51. The van der Waals surface area contributed by atoms with E-state index in [2.05, 4.69) is 36.2 Å². The molecule has 0 bridgehead atoms. The van der Waals surface area contributed by atoms with Crippen molar-refractivity contribution in [3.63, 3.8) is 0 Å². The van der Waals surface area contributed by atoms with Crippen LogP contribution in [0.15, 0.2) is 48.9 Å². The maximum Gasteiger partial charge on any atom is 0.278 e. The molecule has 0 unspecified atom stereocenters. The Bertz CT molecular complexity index is 1370. The summed E-state index contributed by atoms with van der Waals surface area (Å²) in [4.78, 5) is 31.0. The number of nitrogens with zero attached hydrogens (tertiary/aromatic N) is 5. The predicted octanol–water partition coefficient (Wildman–Crippen LogP) is 4.07. The summed E-state index contributed by atoms with van der Waals surface area (Å²) in [5.41, 5.74) is 6.46. The maximum atomic E-state index is 12.8. The Morgan fingerprint density at radius 1 is 1.06 bits per heavy atom. The van der Waals surface area contributed by atoms with Gasteiger partial charge in [0.2, 0.25) is 0 Å². The highest BCUT2D eigenvalue weighted by atomic mass is 16.6. The molecule has 1 amide bonds. The van der Waals surface area contributed by atoms with Crippen LogP contribution in [0.25, 0.3) is 11.1 Å². The van der Waals surface area contributed by atoms with Crippen LogP contribution in [0.3, 0.4) is 0 Å².